The highest BCUT2D eigenvalue weighted by Gasteiger charge is 2.48. The largest absolute Gasteiger partial charge is 0.489 e. The summed E-state index contributed by atoms with van der Waals surface area (Å²) in [4.78, 5) is 20.8. The zero-order valence-electron chi connectivity index (χ0n) is 21.1. The number of aromatic amines is 1. The van der Waals surface area contributed by atoms with Crippen molar-refractivity contribution in [3.05, 3.63) is 125 Å². The Kier molecular flexibility index (Phi) is 5.87. The maximum atomic E-state index is 13.4. The summed E-state index contributed by atoms with van der Waals surface area (Å²) in [6, 6.07) is 28.1. The summed E-state index contributed by atoms with van der Waals surface area (Å²) < 4.78 is 20.3. The molecule has 0 aliphatic carbocycles. The van der Waals surface area contributed by atoms with Crippen molar-refractivity contribution >= 4 is 45.3 Å². The number of carbonyl (C=O) groups is 1. The van der Waals surface area contributed by atoms with Crippen molar-refractivity contribution < 1.29 is 19.4 Å². The number of rotatable bonds is 7. The van der Waals surface area contributed by atoms with Crippen LogP contribution in [0.2, 0.25) is 0 Å². The van der Waals surface area contributed by atoms with E-state index in [9.17, 15) is 9.90 Å². The predicted molar refractivity (Wildman–Crippen MR) is 151 cm³/mol. The van der Waals surface area contributed by atoms with Crippen molar-refractivity contribution in [1.82, 2.24) is 18.7 Å². The third-order valence-corrected chi connectivity index (χ3v) is 7.61. The van der Waals surface area contributed by atoms with Crippen molar-refractivity contribution in [2.24, 2.45) is 0 Å². The van der Waals surface area contributed by atoms with Crippen LogP contribution in [0.25, 0.3) is 27.6 Å². The second-order valence-corrected chi connectivity index (χ2v) is 10.1. The van der Waals surface area contributed by atoms with E-state index >= 15 is 0 Å². The highest BCUT2D eigenvalue weighted by molar-refractivity contribution is 7.00. The van der Waals surface area contributed by atoms with Crippen LogP contribution in [0.5, 0.6) is 5.75 Å². The van der Waals surface area contributed by atoms with Crippen LogP contribution >= 0.6 is 11.7 Å². The van der Waals surface area contributed by atoms with E-state index < -0.39 is 11.8 Å². The number of fused-ring (bicyclic) bond motifs is 2. The topological polar surface area (TPSA) is 110 Å². The second kappa shape index (κ2) is 9.71. The van der Waals surface area contributed by atoms with Gasteiger partial charge < -0.3 is 19.6 Å². The number of carbonyl (C=O) groups excluding carboxylic acids is 1. The van der Waals surface area contributed by atoms with Gasteiger partial charge in [-0.25, -0.2) is 9.78 Å². The third kappa shape index (κ3) is 4.31. The number of hydrogen-bond acceptors (Lipinski definition) is 8. The first kappa shape index (κ1) is 24.2. The van der Waals surface area contributed by atoms with Gasteiger partial charge >= 0.3 is 5.97 Å². The molecule has 0 saturated carbocycles. The van der Waals surface area contributed by atoms with E-state index in [1.165, 1.54) is 0 Å². The summed E-state index contributed by atoms with van der Waals surface area (Å²) in [5.74, 6) is -1.94. The van der Waals surface area contributed by atoms with Crippen molar-refractivity contribution in [2.75, 3.05) is 0 Å². The molecule has 40 heavy (non-hydrogen) atoms. The first-order chi connectivity index (χ1) is 19.6. The maximum absolute atomic E-state index is 13.4. The zero-order chi connectivity index (χ0) is 27.1. The van der Waals surface area contributed by atoms with Gasteiger partial charge in [0.15, 0.2) is 0 Å². The number of benzene rings is 4. The number of nitrogens with zero attached hydrogens (tertiary/aromatic N) is 3. The van der Waals surface area contributed by atoms with Crippen LogP contribution in [0, 0.1) is 0 Å². The predicted octanol–water partition coefficient (Wildman–Crippen LogP) is 5.55. The SMILES string of the molecule is O=C1OC(O)(c2ccc(OCc3ccccc3)cc2)C(Cc2ccc3nc[nH]c3c2)=C1c1ccc2nsnc2c1. The van der Waals surface area contributed by atoms with Crippen molar-refractivity contribution in [3.63, 3.8) is 0 Å². The summed E-state index contributed by atoms with van der Waals surface area (Å²) in [6.07, 6.45) is 1.91. The minimum Gasteiger partial charge on any atom is -0.489 e. The van der Waals surface area contributed by atoms with Gasteiger partial charge in [0.05, 0.1) is 34.7 Å². The molecule has 3 heterocycles. The van der Waals surface area contributed by atoms with E-state index in [2.05, 4.69) is 18.7 Å². The van der Waals surface area contributed by atoms with Gasteiger partial charge in [-0.15, -0.1) is 0 Å². The average molecular weight is 547 g/mol. The van der Waals surface area contributed by atoms with Crippen LogP contribution in [0.3, 0.4) is 0 Å². The standard InChI is InChI=1S/C31H22N4O4S/c36-30-29(21-7-13-26-28(16-21)35-40-34-26)24(14-20-6-12-25-27(15-20)33-18-32-25)31(37,39-30)22-8-10-23(11-9-22)38-17-19-4-2-1-3-5-19/h1-13,15-16,18,37H,14,17H2,(H,32,33). The number of nitrogens with one attached hydrogen (secondary N) is 1. The Balaban J connectivity index is 1.28. The van der Waals surface area contributed by atoms with Gasteiger partial charge in [-0.05, 0) is 65.2 Å². The number of esters is 1. The Morgan fingerprint density at radius 1 is 0.875 bits per heavy atom. The number of H-pyrrole nitrogens is 1. The van der Waals surface area contributed by atoms with Crippen LogP contribution in [0.4, 0.5) is 0 Å². The Labute approximate surface area is 232 Å². The second-order valence-electron chi connectivity index (χ2n) is 9.58. The Morgan fingerprint density at radius 2 is 1.68 bits per heavy atom. The summed E-state index contributed by atoms with van der Waals surface area (Å²) in [5, 5.41) is 12.0. The highest BCUT2D eigenvalue weighted by atomic mass is 32.1. The van der Waals surface area contributed by atoms with Crippen molar-refractivity contribution in [1.29, 1.82) is 0 Å². The summed E-state index contributed by atoms with van der Waals surface area (Å²) in [6.45, 7) is 0.415. The van der Waals surface area contributed by atoms with Crippen LogP contribution in [0.15, 0.2) is 103 Å². The molecule has 0 saturated heterocycles. The van der Waals surface area contributed by atoms with Gasteiger partial charge in [-0.2, -0.15) is 8.75 Å². The maximum Gasteiger partial charge on any atom is 0.342 e. The number of imidazole rings is 1. The summed E-state index contributed by atoms with van der Waals surface area (Å²) in [5.41, 5.74) is 6.85. The Bertz CT molecular complexity index is 1900. The molecule has 0 radical (unpaired) electrons. The van der Waals surface area contributed by atoms with Gasteiger partial charge in [0.2, 0.25) is 0 Å². The monoisotopic (exact) mass is 546 g/mol. The lowest BCUT2D eigenvalue weighted by molar-refractivity contribution is -0.185. The first-order valence-electron chi connectivity index (χ1n) is 12.7. The van der Waals surface area contributed by atoms with E-state index in [1.54, 1.807) is 36.7 Å². The normalized spacial score (nSPS) is 17.1. The molecule has 4 aromatic carbocycles. The molecule has 8 nitrogen and oxygen atoms in total. The molecule has 9 heteroatoms. The van der Waals surface area contributed by atoms with E-state index in [-0.39, 0.29) is 6.42 Å². The van der Waals surface area contributed by atoms with Crippen molar-refractivity contribution in [2.45, 2.75) is 18.8 Å². The van der Waals surface area contributed by atoms with Gasteiger partial charge in [0.1, 0.15) is 23.4 Å². The highest BCUT2D eigenvalue weighted by Crippen LogP contribution is 2.45. The van der Waals surface area contributed by atoms with Crippen LogP contribution in [-0.2, 0) is 28.3 Å². The number of aromatic nitrogens is 4. The average Bonchev–Trinajstić information content (AvgIpc) is 3.70. The molecule has 1 unspecified atom stereocenters. The van der Waals surface area contributed by atoms with Gasteiger partial charge in [-0.3, -0.25) is 0 Å². The first-order valence-corrected chi connectivity index (χ1v) is 13.4. The molecule has 7 rings (SSSR count). The van der Waals surface area contributed by atoms with Gasteiger partial charge in [0.25, 0.3) is 5.79 Å². The fraction of sp³-hybridized carbons (Fsp3) is 0.0968. The molecule has 196 valence electrons. The fourth-order valence-electron chi connectivity index (χ4n) is 5.03. The van der Waals surface area contributed by atoms with Gasteiger partial charge in [-0.1, -0.05) is 42.5 Å². The number of hydrogen-bond donors (Lipinski definition) is 2. The number of cyclic esters (lactones) is 1. The minimum absolute atomic E-state index is 0.270. The van der Waals surface area contributed by atoms with Crippen LogP contribution in [0.1, 0.15) is 22.3 Å². The van der Waals surface area contributed by atoms with Gasteiger partial charge in [0, 0.05) is 17.6 Å². The smallest absolute Gasteiger partial charge is 0.342 e. The molecular formula is C31H22N4O4S. The lowest BCUT2D eigenvalue weighted by Crippen LogP contribution is -2.29. The van der Waals surface area contributed by atoms with Crippen LogP contribution < -0.4 is 4.74 Å². The summed E-state index contributed by atoms with van der Waals surface area (Å²) in [7, 11) is 0. The molecule has 0 spiro atoms. The van der Waals surface area contributed by atoms with E-state index in [0.29, 0.717) is 40.1 Å². The van der Waals surface area contributed by atoms with E-state index in [0.717, 1.165) is 39.4 Å². The number of aliphatic hydroxyl groups is 1. The third-order valence-electron chi connectivity index (χ3n) is 7.06. The lowest BCUT2D eigenvalue weighted by Gasteiger charge is -2.26. The van der Waals surface area contributed by atoms with Crippen molar-refractivity contribution in [3.8, 4) is 5.75 Å². The molecule has 1 aliphatic heterocycles. The molecule has 1 aliphatic rings. The lowest BCUT2D eigenvalue weighted by atomic mass is 9.88. The molecule has 0 fully saturated rings. The minimum atomic E-state index is -1.97. The molecule has 6 aromatic rings. The van der Waals surface area contributed by atoms with Crippen LogP contribution in [-0.4, -0.2) is 29.8 Å². The Hall–Kier alpha value is -4.86. The fourth-order valence-corrected chi connectivity index (χ4v) is 5.54. The summed E-state index contributed by atoms with van der Waals surface area (Å²) >= 11 is 1.11. The van der Waals surface area contributed by atoms with E-state index in [4.69, 9.17) is 9.47 Å². The molecule has 1 atom stereocenters. The molecule has 0 bridgehead atoms. The molecule has 2 aromatic heterocycles. The quantitative estimate of drug-likeness (QED) is 0.253. The van der Waals surface area contributed by atoms with E-state index in [1.807, 2.05) is 60.7 Å². The number of ether oxygens (including phenoxy) is 2. The molecule has 2 N–H and O–H groups in total. The Morgan fingerprint density at radius 3 is 2.52 bits per heavy atom. The zero-order valence-corrected chi connectivity index (χ0v) is 21.9. The molecular weight excluding hydrogens is 524 g/mol. The molecule has 0 amide bonds.